The Morgan fingerprint density at radius 3 is 2.80 bits per heavy atom. The summed E-state index contributed by atoms with van der Waals surface area (Å²) in [6.45, 7) is 5.90. The number of piperazine rings is 1. The molecular formula is C31H34ClFN8O3. The minimum atomic E-state index is -0.910. The zero-order valence-electron chi connectivity index (χ0n) is 24.5. The number of nitrogens with one attached hydrogen (secondary N) is 1. The van der Waals surface area contributed by atoms with Crippen molar-refractivity contribution in [3.63, 3.8) is 0 Å². The van der Waals surface area contributed by atoms with Gasteiger partial charge >= 0.3 is 5.69 Å². The van der Waals surface area contributed by atoms with Crippen LogP contribution in [0.5, 0.6) is 0 Å². The van der Waals surface area contributed by atoms with Gasteiger partial charge in [-0.05, 0) is 43.0 Å². The van der Waals surface area contributed by atoms with Crippen molar-refractivity contribution in [1.29, 1.82) is 5.26 Å². The van der Waals surface area contributed by atoms with Crippen molar-refractivity contribution in [3.05, 3.63) is 57.9 Å². The molecule has 5 heterocycles. The van der Waals surface area contributed by atoms with E-state index in [0.717, 1.165) is 12.0 Å². The second kappa shape index (κ2) is 12.1. The van der Waals surface area contributed by atoms with Crippen LogP contribution in [0.1, 0.15) is 37.3 Å². The number of likely N-dealkylation sites (tertiary alicyclic amines) is 1. The fourth-order valence-electron chi connectivity index (χ4n) is 6.99. The molecule has 2 N–H and O–H groups in total. The van der Waals surface area contributed by atoms with E-state index < -0.39 is 17.7 Å². The molecule has 11 nitrogen and oxygen atoms in total. The van der Waals surface area contributed by atoms with Gasteiger partial charge in [0.25, 0.3) is 0 Å². The molecule has 0 saturated carbocycles. The average molecular weight is 621 g/mol. The Labute approximate surface area is 259 Å². The van der Waals surface area contributed by atoms with Crippen molar-refractivity contribution in [3.8, 4) is 17.2 Å². The lowest BCUT2D eigenvalue weighted by Gasteiger charge is -2.43. The highest BCUT2D eigenvalue weighted by Crippen LogP contribution is 2.45. The van der Waals surface area contributed by atoms with Crippen LogP contribution in [0, 0.1) is 17.1 Å². The first-order chi connectivity index (χ1) is 21.3. The predicted octanol–water partition coefficient (Wildman–Crippen LogP) is 3.31. The fraction of sp³-hybridized carbons (Fsp3) is 0.452. The lowest BCUT2D eigenvalue weighted by Crippen LogP contribution is -2.56. The number of aromatic nitrogens is 3. The van der Waals surface area contributed by atoms with Crippen LogP contribution in [-0.4, -0.2) is 87.4 Å². The number of rotatable bonds is 8. The van der Waals surface area contributed by atoms with Crippen LogP contribution in [0.15, 0.2) is 35.8 Å². The van der Waals surface area contributed by atoms with E-state index in [-0.39, 0.29) is 30.0 Å². The number of aliphatic hydroxyl groups is 1. The molecule has 230 valence electrons. The zero-order valence-corrected chi connectivity index (χ0v) is 25.2. The Morgan fingerprint density at radius 1 is 1.27 bits per heavy atom. The summed E-state index contributed by atoms with van der Waals surface area (Å²) in [6.07, 6.45) is 4.37. The first-order valence-corrected chi connectivity index (χ1v) is 15.2. The molecular weight excluding hydrogens is 587 g/mol. The number of pyridine rings is 1. The van der Waals surface area contributed by atoms with Gasteiger partial charge in [0.2, 0.25) is 5.91 Å². The zero-order chi connectivity index (χ0) is 31.1. The molecule has 1 amide bonds. The molecule has 3 aromatic rings. The van der Waals surface area contributed by atoms with Gasteiger partial charge in [-0.1, -0.05) is 18.2 Å². The van der Waals surface area contributed by atoms with Crippen molar-refractivity contribution in [1.82, 2.24) is 24.3 Å². The fourth-order valence-corrected chi connectivity index (χ4v) is 7.31. The molecule has 2 fully saturated rings. The Hall–Kier alpha value is -4.05. The quantitative estimate of drug-likeness (QED) is 0.364. The van der Waals surface area contributed by atoms with Gasteiger partial charge in [-0.3, -0.25) is 14.3 Å². The highest BCUT2D eigenvalue weighted by atomic mass is 35.5. The molecule has 6 rings (SSSR count). The summed E-state index contributed by atoms with van der Waals surface area (Å²) >= 11 is 7.00. The van der Waals surface area contributed by atoms with Crippen molar-refractivity contribution >= 4 is 40.0 Å². The lowest BCUT2D eigenvalue weighted by atomic mass is 9.89. The van der Waals surface area contributed by atoms with Crippen LogP contribution >= 0.6 is 11.6 Å². The number of anilines is 2. The minimum absolute atomic E-state index is 0.0701. The third kappa shape index (κ3) is 5.08. The van der Waals surface area contributed by atoms with E-state index in [4.69, 9.17) is 11.6 Å². The maximum Gasteiger partial charge on any atom is 0.350 e. The molecule has 3 aliphatic rings. The second-order valence-electron chi connectivity index (χ2n) is 11.4. The lowest BCUT2D eigenvalue weighted by molar-refractivity contribution is -0.128. The smallest absolute Gasteiger partial charge is 0.350 e. The molecule has 3 aliphatic heterocycles. The summed E-state index contributed by atoms with van der Waals surface area (Å²) in [7, 11) is 1.66. The molecule has 13 heteroatoms. The van der Waals surface area contributed by atoms with Gasteiger partial charge in [0.15, 0.2) is 0 Å². The standard InChI is InChI=1S/C31H34ClFN8O3/c1-3-24(42)40-14-13-39(16-18(40)8-10-34)30-21-15-22(32)26(27-23(33)9-11-36-29(27)35-2)20-7-6-19(17-38-12-4-5-25(38)43)41(28(20)21)31(44)37-30/h3,9,11,15,18-19,24,42H,1,4-8,12-14,16-17H2,2H3,(H,35,36)/t18-,19?,24?/m0/s1. The topological polar surface area (TPSA) is 131 Å². The van der Waals surface area contributed by atoms with Crippen LogP contribution in [0.25, 0.3) is 22.0 Å². The molecule has 0 bridgehead atoms. The van der Waals surface area contributed by atoms with Crippen LogP contribution in [0.4, 0.5) is 16.0 Å². The van der Waals surface area contributed by atoms with Gasteiger partial charge in [0, 0.05) is 74.4 Å². The Kier molecular flexibility index (Phi) is 8.28. The molecule has 44 heavy (non-hydrogen) atoms. The van der Waals surface area contributed by atoms with E-state index in [9.17, 15) is 20.0 Å². The largest absolute Gasteiger partial charge is 0.375 e. The second-order valence-corrected chi connectivity index (χ2v) is 11.9. The van der Waals surface area contributed by atoms with Gasteiger partial charge in [-0.25, -0.2) is 14.2 Å². The highest BCUT2D eigenvalue weighted by Gasteiger charge is 2.36. The van der Waals surface area contributed by atoms with Gasteiger partial charge in [0.1, 0.15) is 23.7 Å². The first kappa shape index (κ1) is 30.0. The van der Waals surface area contributed by atoms with Crippen molar-refractivity contribution in [2.45, 2.75) is 50.4 Å². The van der Waals surface area contributed by atoms with Gasteiger partial charge < -0.3 is 20.2 Å². The van der Waals surface area contributed by atoms with E-state index in [1.54, 1.807) is 22.6 Å². The Morgan fingerprint density at radius 2 is 2.09 bits per heavy atom. The number of nitriles is 1. The van der Waals surface area contributed by atoms with E-state index in [1.165, 1.54) is 18.3 Å². The molecule has 2 aromatic heterocycles. The number of aryl methyl sites for hydroxylation is 1. The number of benzene rings is 1. The van der Waals surface area contributed by atoms with Crippen LogP contribution < -0.4 is 15.9 Å². The minimum Gasteiger partial charge on any atom is -0.375 e. The summed E-state index contributed by atoms with van der Waals surface area (Å²) in [5.74, 6) is 0.323. The molecule has 3 atom stereocenters. The maximum absolute atomic E-state index is 15.5. The van der Waals surface area contributed by atoms with Crippen molar-refractivity contribution in [2.24, 2.45) is 0 Å². The predicted molar refractivity (Wildman–Crippen MR) is 166 cm³/mol. The molecule has 1 aromatic carbocycles. The van der Waals surface area contributed by atoms with Gasteiger partial charge in [-0.2, -0.15) is 10.2 Å². The molecule has 2 saturated heterocycles. The van der Waals surface area contributed by atoms with E-state index >= 15 is 4.39 Å². The van der Waals surface area contributed by atoms with Crippen LogP contribution in [-0.2, 0) is 11.2 Å². The number of amides is 1. The van der Waals surface area contributed by atoms with Crippen LogP contribution in [0.3, 0.4) is 0 Å². The van der Waals surface area contributed by atoms with Gasteiger partial charge in [0.05, 0.1) is 29.6 Å². The number of aliphatic hydroxyl groups excluding tert-OH is 1. The molecule has 0 spiro atoms. The highest BCUT2D eigenvalue weighted by molar-refractivity contribution is 6.35. The van der Waals surface area contributed by atoms with Crippen molar-refractivity contribution in [2.75, 3.05) is 50.0 Å². The summed E-state index contributed by atoms with van der Waals surface area (Å²) in [4.78, 5) is 41.0. The van der Waals surface area contributed by atoms with Crippen molar-refractivity contribution < 1.29 is 14.3 Å². The number of carbonyl (C=O) groups excluding carboxylic acids is 1. The molecule has 0 radical (unpaired) electrons. The maximum atomic E-state index is 15.5. The Balaban J connectivity index is 1.56. The number of halogens is 2. The average Bonchev–Trinajstić information content (AvgIpc) is 3.43. The van der Waals surface area contributed by atoms with Crippen LogP contribution in [0.2, 0.25) is 5.02 Å². The summed E-state index contributed by atoms with van der Waals surface area (Å²) in [6, 6.07) is 4.56. The summed E-state index contributed by atoms with van der Waals surface area (Å²) in [5, 5.41) is 23.9. The van der Waals surface area contributed by atoms with E-state index in [1.807, 2.05) is 9.80 Å². The number of nitrogens with zero attached hydrogens (tertiary/aromatic N) is 7. The molecule has 2 unspecified atom stereocenters. The summed E-state index contributed by atoms with van der Waals surface area (Å²) < 4.78 is 17.1. The van der Waals surface area contributed by atoms with Gasteiger partial charge in [-0.15, -0.1) is 0 Å². The SMILES string of the molecule is C=CC(O)N1CCN(c2nc(=O)n3c4c(c(-c5c(F)ccnc5NC)c(Cl)cc24)CCC3CN2CCCC2=O)C[C@@H]1CC#N. The number of hydrogen-bond acceptors (Lipinski definition) is 9. The Bertz CT molecular complexity index is 1740. The first-order valence-electron chi connectivity index (χ1n) is 14.8. The van der Waals surface area contributed by atoms with E-state index in [2.05, 4.69) is 27.9 Å². The van der Waals surface area contributed by atoms with E-state index in [0.29, 0.717) is 85.1 Å². The summed E-state index contributed by atoms with van der Waals surface area (Å²) in [5.41, 5.74) is 1.55. The molecule has 0 aliphatic carbocycles. The normalized spacial score (nSPS) is 21.0. The third-order valence-electron chi connectivity index (χ3n) is 9.03. The number of hydrogen-bond donors (Lipinski definition) is 2. The third-order valence-corrected chi connectivity index (χ3v) is 9.33. The monoisotopic (exact) mass is 620 g/mol. The number of carbonyl (C=O) groups is 1.